The zero-order valence-corrected chi connectivity index (χ0v) is 17.5. The number of rotatable bonds is 3. The van der Waals surface area contributed by atoms with Crippen molar-refractivity contribution in [1.82, 2.24) is 14.9 Å². The van der Waals surface area contributed by atoms with E-state index >= 15 is 0 Å². The van der Waals surface area contributed by atoms with E-state index in [9.17, 15) is 9.59 Å². The summed E-state index contributed by atoms with van der Waals surface area (Å²) in [4.78, 5) is 37.9. The molecule has 0 atom stereocenters. The molecule has 29 heavy (non-hydrogen) atoms. The molecule has 1 fully saturated rings. The maximum absolute atomic E-state index is 12.5. The third-order valence-corrected chi connectivity index (χ3v) is 4.47. The van der Waals surface area contributed by atoms with Crippen molar-refractivity contribution in [1.29, 1.82) is 0 Å². The summed E-state index contributed by atoms with van der Waals surface area (Å²) in [5.74, 6) is 0.00203. The number of amides is 1. The van der Waals surface area contributed by atoms with Gasteiger partial charge in [-0.2, -0.15) is 0 Å². The summed E-state index contributed by atoms with van der Waals surface area (Å²) >= 11 is 0. The molecule has 1 aromatic carbocycles. The van der Waals surface area contributed by atoms with Crippen LogP contribution in [0.5, 0.6) is 0 Å². The second kappa shape index (κ2) is 8.63. The lowest BCUT2D eigenvalue weighted by Crippen LogP contribution is -2.39. The number of aromatic nitrogens is 2. The normalized spacial score (nSPS) is 15.2. The van der Waals surface area contributed by atoms with E-state index in [4.69, 9.17) is 14.5 Å². The predicted octanol–water partition coefficient (Wildman–Crippen LogP) is 3.25. The third kappa shape index (κ3) is 5.13. The zero-order valence-electron chi connectivity index (χ0n) is 17.5. The third-order valence-electron chi connectivity index (χ3n) is 4.47. The molecule has 8 heteroatoms. The lowest BCUT2D eigenvalue weighted by atomic mass is 10.2. The first-order valence-corrected chi connectivity index (χ1v) is 9.95. The van der Waals surface area contributed by atoms with Crippen LogP contribution in [0, 0.1) is 0 Å². The van der Waals surface area contributed by atoms with E-state index in [2.05, 4.69) is 4.98 Å². The fourth-order valence-corrected chi connectivity index (χ4v) is 3.19. The van der Waals surface area contributed by atoms with Crippen molar-refractivity contribution in [3.63, 3.8) is 0 Å². The molecule has 1 aliphatic heterocycles. The average Bonchev–Trinajstić information content (AvgIpc) is 2.92. The van der Waals surface area contributed by atoms with Gasteiger partial charge in [-0.05, 0) is 46.2 Å². The second-order valence-electron chi connectivity index (χ2n) is 7.91. The number of ether oxygens (including phenoxy) is 2. The van der Waals surface area contributed by atoms with Crippen LogP contribution in [0.1, 0.15) is 44.6 Å². The van der Waals surface area contributed by atoms with Gasteiger partial charge in [0.05, 0.1) is 17.6 Å². The van der Waals surface area contributed by atoms with Crippen LogP contribution in [0.2, 0.25) is 0 Å². The maximum Gasteiger partial charge on any atom is 0.410 e. The highest BCUT2D eigenvalue weighted by Crippen LogP contribution is 2.23. The lowest BCUT2D eigenvalue weighted by Gasteiger charge is -2.27. The molecule has 2 heterocycles. The minimum absolute atomic E-state index is 0.205. The topological polar surface area (TPSA) is 84.9 Å². The highest BCUT2D eigenvalue weighted by molar-refractivity contribution is 5.95. The number of carbonyl (C=O) groups excluding carboxylic acids is 2. The molecule has 2 aromatic rings. The highest BCUT2D eigenvalue weighted by Gasteiger charge is 2.27. The lowest BCUT2D eigenvalue weighted by molar-refractivity contribution is 0.0263. The maximum atomic E-state index is 12.5. The number of carbonyl (C=O) groups is 2. The molecule has 0 bridgehead atoms. The molecule has 0 aliphatic carbocycles. The molecule has 0 N–H and O–H groups in total. The number of anilines is 1. The van der Waals surface area contributed by atoms with Crippen molar-refractivity contribution in [2.45, 2.75) is 39.7 Å². The van der Waals surface area contributed by atoms with Gasteiger partial charge in [-0.3, -0.25) is 0 Å². The first-order chi connectivity index (χ1) is 13.8. The fourth-order valence-electron chi connectivity index (χ4n) is 3.19. The van der Waals surface area contributed by atoms with Gasteiger partial charge in [-0.1, -0.05) is 12.1 Å². The van der Waals surface area contributed by atoms with Crippen molar-refractivity contribution < 1.29 is 19.1 Å². The number of esters is 1. The molecular formula is C21H28N4O4. The van der Waals surface area contributed by atoms with Crippen LogP contribution in [0.4, 0.5) is 10.6 Å². The van der Waals surface area contributed by atoms with E-state index in [0.29, 0.717) is 43.0 Å². The molecule has 1 amide bonds. The Kier molecular flexibility index (Phi) is 6.20. The summed E-state index contributed by atoms with van der Waals surface area (Å²) in [5, 5.41) is 0. The van der Waals surface area contributed by atoms with Gasteiger partial charge in [0.25, 0.3) is 0 Å². The molecule has 1 aliphatic rings. The minimum atomic E-state index is -0.538. The van der Waals surface area contributed by atoms with Gasteiger partial charge in [-0.15, -0.1) is 0 Å². The van der Waals surface area contributed by atoms with Gasteiger partial charge in [-0.25, -0.2) is 19.6 Å². The van der Waals surface area contributed by atoms with Crippen LogP contribution in [0.15, 0.2) is 24.3 Å². The number of para-hydroxylation sites is 2. The summed E-state index contributed by atoms with van der Waals surface area (Å²) in [5.41, 5.74) is 1.02. The summed E-state index contributed by atoms with van der Waals surface area (Å²) in [6.07, 6.45) is 0.408. The van der Waals surface area contributed by atoms with E-state index < -0.39 is 11.6 Å². The summed E-state index contributed by atoms with van der Waals surface area (Å²) in [6.45, 7) is 9.82. The zero-order chi connectivity index (χ0) is 21.0. The van der Waals surface area contributed by atoms with Crippen LogP contribution in [-0.2, 0) is 9.47 Å². The largest absolute Gasteiger partial charge is 0.461 e. The molecule has 0 saturated carbocycles. The SMILES string of the molecule is CCOC(=O)c1nc2ccccc2nc1N1CCCN(C(=O)OC(C)(C)C)CC1. The number of benzene rings is 1. The van der Waals surface area contributed by atoms with Gasteiger partial charge in [0.2, 0.25) is 0 Å². The Morgan fingerprint density at radius 2 is 1.72 bits per heavy atom. The van der Waals surface area contributed by atoms with E-state index in [0.717, 1.165) is 6.42 Å². The van der Waals surface area contributed by atoms with Crippen molar-refractivity contribution in [3.05, 3.63) is 30.0 Å². The van der Waals surface area contributed by atoms with E-state index in [1.165, 1.54) is 0 Å². The van der Waals surface area contributed by atoms with Crippen LogP contribution >= 0.6 is 0 Å². The van der Waals surface area contributed by atoms with Crippen molar-refractivity contribution in [2.24, 2.45) is 0 Å². The molecule has 156 valence electrons. The molecule has 0 spiro atoms. The standard InChI is InChI=1S/C21H28N4O4/c1-5-28-19(26)17-18(23-16-10-7-6-9-15(16)22-17)24-11-8-12-25(14-13-24)20(27)29-21(2,3)4/h6-7,9-10H,5,8,11-14H2,1-4H3. The average molecular weight is 400 g/mol. The van der Waals surface area contributed by atoms with E-state index in [-0.39, 0.29) is 18.4 Å². The van der Waals surface area contributed by atoms with Crippen LogP contribution < -0.4 is 4.90 Å². The number of nitrogens with zero attached hydrogens (tertiary/aromatic N) is 4. The molecule has 1 saturated heterocycles. The number of hydrogen-bond acceptors (Lipinski definition) is 7. The van der Waals surface area contributed by atoms with Crippen LogP contribution in [-0.4, -0.2) is 65.3 Å². The van der Waals surface area contributed by atoms with Crippen molar-refractivity contribution in [3.8, 4) is 0 Å². The first kappa shape index (κ1) is 20.8. The monoisotopic (exact) mass is 400 g/mol. The van der Waals surface area contributed by atoms with Gasteiger partial charge < -0.3 is 19.3 Å². The number of fused-ring (bicyclic) bond motifs is 1. The Balaban J connectivity index is 1.86. The molecule has 1 aromatic heterocycles. The molecule has 0 radical (unpaired) electrons. The summed E-state index contributed by atoms with van der Waals surface area (Å²) < 4.78 is 10.7. The Morgan fingerprint density at radius 3 is 2.38 bits per heavy atom. The Labute approximate surface area is 170 Å². The van der Waals surface area contributed by atoms with Gasteiger partial charge >= 0.3 is 12.1 Å². The predicted molar refractivity (Wildman–Crippen MR) is 110 cm³/mol. The van der Waals surface area contributed by atoms with Gasteiger partial charge in [0, 0.05) is 26.2 Å². The molecule has 0 unspecified atom stereocenters. The van der Waals surface area contributed by atoms with E-state index in [1.807, 2.05) is 49.9 Å². The number of hydrogen-bond donors (Lipinski definition) is 0. The Morgan fingerprint density at radius 1 is 1.03 bits per heavy atom. The van der Waals surface area contributed by atoms with Gasteiger partial charge in [0.15, 0.2) is 11.5 Å². The fraction of sp³-hybridized carbons (Fsp3) is 0.524. The van der Waals surface area contributed by atoms with Crippen LogP contribution in [0.3, 0.4) is 0 Å². The summed E-state index contributed by atoms with van der Waals surface area (Å²) in [7, 11) is 0. The highest BCUT2D eigenvalue weighted by atomic mass is 16.6. The van der Waals surface area contributed by atoms with Crippen molar-refractivity contribution in [2.75, 3.05) is 37.7 Å². The van der Waals surface area contributed by atoms with Gasteiger partial charge in [0.1, 0.15) is 5.60 Å². The minimum Gasteiger partial charge on any atom is -0.461 e. The van der Waals surface area contributed by atoms with Crippen LogP contribution in [0.25, 0.3) is 11.0 Å². The van der Waals surface area contributed by atoms with Crippen molar-refractivity contribution >= 4 is 28.9 Å². The smallest absolute Gasteiger partial charge is 0.410 e. The van der Waals surface area contributed by atoms with E-state index in [1.54, 1.807) is 11.8 Å². The molecule has 8 nitrogen and oxygen atoms in total. The first-order valence-electron chi connectivity index (χ1n) is 9.95. The summed E-state index contributed by atoms with van der Waals surface area (Å²) in [6, 6.07) is 7.43. The second-order valence-corrected chi connectivity index (χ2v) is 7.91. The Hall–Kier alpha value is -2.90. The quantitative estimate of drug-likeness (QED) is 0.731. The Bertz CT molecular complexity index is 894. The molecular weight excluding hydrogens is 372 g/mol. The molecule has 3 rings (SSSR count).